The molecular formula is C21H31N3O4. The third-order valence-electron chi connectivity index (χ3n) is 3.82. The number of hydrogen-bond donors (Lipinski definition) is 3. The van der Waals surface area contributed by atoms with E-state index in [1.165, 1.54) is 0 Å². The molecular weight excluding hydrogens is 358 g/mol. The fraction of sp³-hybridized carbons (Fsp3) is 0.476. The summed E-state index contributed by atoms with van der Waals surface area (Å²) >= 11 is 0. The van der Waals surface area contributed by atoms with Crippen LogP contribution in [0.5, 0.6) is 5.75 Å². The van der Waals surface area contributed by atoms with E-state index in [2.05, 4.69) is 15.6 Å². The third-order valence-corrected chi connectivity index (χ3v) is 3.82. The minimum absolute atomic E-state index is 0.201. The molecule has 0 aliphatic heterocycles. The number of aliphatic hydroxyl groups excluding tert-OH is 1. The van der Waals surface area contributed by atoms with Crippen molar-refractivity contribution < 1.29 is 19.0 Å². The van der Waals surface area contributed by atoms with E-state index in [4.69, 9.17) is 13.9 Å². The molecule has 0 aliphatic carbocycles. The van der Waals surface area contributed by atoms with Crippen LogP contribution in [0.15, 0.2) is 52.1 Å². The maximum atomic E-state index is 10.1. The average Bonchev–Trinajstić information content (AvgIpc) is 3.20. The maximum absolute atomic E-state index is 10.1. The molecule has 0 spiro atoms. The number of nitrogens with one attached hydrogen (secondary N) is 2. The van der Waals surface area contributed by atoms with E-state index in [1.54, 1.807) is 6.26 Å². The summed E-state index contributed by atoms with van der Waals surface area (Å²) in [5.74, 6) is 2.25. The average molecular weight is 389 g/mol. The number of benzene rings is 1. The molecule has 2 rings (SSSR count). The van der Waals surface area contributed by atoms with Gasteiger partial charge in [-0.1, -0.05) is 12.1 Å². The Balaban J connectivity index is 1.62. The smallest absolute Gasteiger partial charge is 0.191 e. The number of aliphatic imine (C=N–C) groups is 1. The topological polar surface area (TPSA) is 88.3 Å². The number of rotatable bonds is 12. The van der Waals surface area contributed by atoms with Gasteiger partial charge in [0.15, 0.2) is 5.96 Å². The van der Waals surface area contributed by atoms with E-state index >= 15 is 0 Å². The van der Waals surface area contributed by atoms with Crippen LogP contribution in [0.3, 0.4) is 0 Å². The van der Waals surface area contributed by atoms with Gasteiger partial charge in [0.25, 0.3) is 0 Å². The second-order valence-corrected chi connectivity index (χ2v) is 6.41. The van der Waals surface area contributed by atoms with Crippen LogP contribution in [-0.4, -0.2) is 50.0 Å². The number of aliphatic hydroxyl groups is 1. The molecule has 0 aliphatic rings. The number of ether oxygens (including phenoxy) is 2. The molecule has 0 bridgehead atoms. The summed E-state index contributed by atoms with van der Waals surface area (Å²) in [6.45, 7) is 7.04. The van der Waals surface area contributed by atoms with Crippen LogP contribution < -0.4 is 15.4 Å². The van der Waals surface area contributed by atoms with E-state index in [9.17, 15) is 5.11 Å². The lowest BCUT2D eigenvalue weighted by atomic mass is 10.2. The summed E-state index contributed by atoms with van der Waals surface area (Å²) in [5.41, 5.74) is 1.12. The molecule has 1 aromatic carbocycles. The van der Waals surface area contributed by atoms with Crippen LogP contribution in [0.2, 0.25) is 0 Å². The van der Waals surface area contributed by atoms with Crippen molar-refractivity contribution in [2.24, 2.45) is 4.99 Å². The molecule has 0 saturated heterocycles. The Morgan fingerprint density at radius 1 is 1.25 bits per heavy atom. The van der Waals surface area contributed by atoms with Gasteiger partial charge in [0, 0.05) is 19.7 Å². The normalized spacial score (nSPS) is 12.6. The van der Waals surface area contributed by atoms with Crippen LogP contribution in [-0.2, 0) is 11.3 Å². The van der Waals surface area contributed by atoms with Crippen molar-refractivity contribution in [1.82, 2.24) is 10.6 Å². The molecule has 2 aromatic rings. The van der Waals surface area contributed by atoms with E-state index < -0.39 is 6.10 Å². The molecule has 0 saturated carbocycles. The van der Waals surface area contributed by atoms with Crippen LogP contribution >= 0.6 is 0 Å². The Hall–Kier alpha value is -2.51. The zero-order chi connectivity index (χ0) is 20.0. The summed E-state index contributed by atoms with van der Waals surface area (Å²) in [5, 5.41) is 16.5. The van der Waals surface area contributed by atoms with Gasteiger partial charge in [0.05, 0.1) is 12.8 Å². The largest absolute Gasteiger partial charge is 0.491 e. The zero-order valence-corrected chi connectivity index (χ0v) is 16.7. The Bertz CT molecular complexity index is 689. The molecule has 0 radical (unpaired) electrons. The van der Waals surface area contributed by atoms with Gasteiger partial charge in [-0.15, -0.1) is 0 Å². The number of nitrogens with zero attached hydrogens (tertiary/aromatic N) is 1. The molecule has 7 nitrogen and oxygen atoms in total. The first kappa shape index (κ1) is 21.8. The van der Waals surface area contributed by atoms with Crippen LogP contribution in [0.4, 0.5) is 0 Å². The molecule has 1 unspecified atom stereocenters. The standard InChI is InChI=1S/C21H31N3O4/c1-3-22-21(23-10-6-11-26-16-20-9-5-12-27-20)24-14-18(25)15-28-19-8-4-7-17(2)13-19/h4-5,7-9,12-13,18,25H,3,6,10-11,14-16H2,1-2H3,(H2,22,23,24). The summed E-state index contributed by atoms with van der Waals surface area (Å²) in [6.07, 6.45) is 1.80. The van der Waals surface area contributed by atoms with E-state index in [0.29, 0.717) is 19.2 Å². The minimum atomic E-state index is -0.674. The SMILES string of the molecule is CCNC(=NCC(O)COc1cccc(C)c1)NCCCOCc1ccco1. The van der Waals surface area contributed by atoms with Gasteiger partial charge in [-0.2, -0.15) is 0 Å². The van der Waals surface area contributed by atoms with E-state index in [-0.39, 0.29) is 13.2 Å². The lowest BCUT2D eigenvalue weighted by molar-refractivity contribution is 0.105. The summed E-state index contributed by atoms with van der Waals surface area (Å²) in [7, 11) is 0. The lowest BCUT2D eigenvalue weighted by Crippen LogP contribution is -2.39. The van der Waals surface area contributed by atoms with Crippen LogP contribution in [0, 0.1) is 6.92 Å². The molecule has 7 heteroatoms. The van der Waals surface area contributed by atoms with Gasteiger partial charge in [0.1, 0.15) is 30.8 Å². The van der Waals surface area contributed by atoms with Crippen molar-refractivity contribution in [2.75, 3.05) is 32.8 Å². The summed E-state index contributed by atoms with van der Waals surface area (Å²) < 4.78 is 16.4. The lowest BCUT2D eigenvalue weighted by Gasteiger charge is -2.14. The first-order valence-corrected chi connectivity index (χ1v) is 9.67. The highest BCUT2D eigenvalue weighted by Crippen LogP contribution is 2.12. The highest BCUT2D eigenvalue weighted by Gasteiger charge is 2.06. The number of guanidine groups is 1. The van der Waals surface area contributed by atoms with Crippen molar-refractivity contribution in [3.8, 4) is 5.75 Å². The van der Waals surface area contributed by atoms with Gasteiger partial charge >= 0.3 is 0 Å². The van der Waals surface area contributed by atoms with Crippen molar-refractivity contribution in [1.29, 1.82) is 0 Å². The predicted octanol–water partition coefficient (Wildman–Crippen LogP) is 2.49. The Labute approximate surface area is 166 Å². The van der Waals surface area contributed by atoms with Crippen molar-refractivity contribution in [3.05, 3.63) is 54.0 Å². The van der Waals surface area contributed by atoms with E-state index in [1.807, 2.05) is 50.2 Å². The Morgan fingerprint density at radius 3 is 2.89 bits per heavy atom. The van der Waals surface area contributed by atoms with Gasteiger partial charge in [-0.05, 0) is 50.1 Å². The monoisotopic (exact) mass is 389 g/mol. The Morgan fingerprint density at radius 2 is 2.14 bits per heavy atom. The molecule has 154 valence electrons. The predicted molar refractivity (Wildman–Crippen MR) is 110 cm³/mol. The fourth-order valence-corrected chi connectivity index (χ4v) is 2.44. The third kappa shape index (κ3) is 8.92. The molecule has 3 N–H and O–H groups in total. The number of hydrogen-bond acceptors (Lipinski definition) is 5. The maximum Gasteiger partial charge on any atom is 0.191 e. The number of aryl methyl sites for hydroxylation is 1. The van der Waals surface area contributed by atoms with E-state index in [0.717, 1.165) is 36.6 Å². The molecule has 0 amide bonds. The number of furan rings is 1. The molecule has 1 atom stereocenters. The molecule has 28 heavy (non-hydrogen) atoms. The highest BCUT2D eigenvalue weighted by atomic mass is 16.5. The van der Waals surface area contributed by atoms with Gasteiger partial charge in [-0.25, -0.2) is 0 Å². The van der Waals surface area contributed by atoms with Crippen LogP contribution in [0.1, 0.15) is 24.7 Å². The summed E-state index contributed by atoms with van der Waals surface area (Å²) in [4.78, 5) is 4.41. The van der Waals surface area contributed by atoms with Gasteiger partial charge in [-0.3, -0.25) is 4.99 Å². The zero-order valence-electron chi connectivity index (χ0n) is 16.7. The second kappa shape index (κ2) is 12.8. The highest BCUT2D eigenvalue weighted by molar-refractivity contribution is 5.79. The second-order valence-electron chi connectivity index (χ2n) is 6.41. The van der Waals surface area contributed by atoms with Crippen molar-refractivity contribution in [2.45, 2.75) is 33.0 Å². The van der Waals surface area contributed by atoms with Gasteiger partial charge < -0.3 is 29.6 Å². The molecule has 0 fully saturated rings. The molecule has 1 aromatic heterocycles. The minimum Gasteiger partial charge on any atom is -0.491 e. The summed E-state index contributed by atoms with van der Waals surface area (Å²) in [6, 6.07) is 11.5. The van der Waals surface area contributed by atoms with Crippen LogP contribution in [0.25, 0.3) is 0 Å². The quantitative estimate of drug-likeness (QED) is 0.294. The first-order valence-electron chi connectivity index (χ1n) is 9.67. The first-order chi connectivity index (χ1) is 13.7. The molecule has 1 heterocycles. The van der Waals surface area contributed by atoms with Crippen molar-refractivity contribution >= 4 is 5.96 Å². The Kier molecular flexibility index (Phi) is 9.96. The fourth-order valence-electron chi connectivity index (χ4n) is 2.44. The van der Waals surface area contributed by atoms with Crippen molar-refractivity contribution in [3.63, 3.8) is 0 Å². The van der Waals surface area contributed by atoms with Gasteiger partial charge in [0.2, 0.25) is 0 Å².